The zero-order valence-electron chi connectivity index (χ0n) is 20.3. The minimum absolute atomic E-state index is 0.0417. The number of carbonyl (C=O) groups excluding carboxylic acids is 2. The zero-order chi connectivity index (χ0) is 24.9. The molecule has 0 saturated carbocycles. The van der Waals surface area contributed by atoms with Crippen LogP contribution in [0.5, 0.6) is 0 Å². The van der Waals surface area contributed by atoms with Crippen molar-refractivity contribution in [3.8, 4) is 11.1 Å². The van der Waals surface area contributed by atoms with Crippen LogP contribution in [0.2, 0.25) is 0 Å². The van der Waals surface area contributed by atoms with Crippen molar-refractivity contribution in [2.45, 2.75) is 63.7 Å². The van der Waals surface area contributed by atoms with E-state index in [1.165, 1.54) is 22.3 Å². The number of carboxylic acid groups (broad SMARTS) is 1. The average molecular weight is 481 g/mol. The Morgan fingerprint density at radius 3 is 1.91 bits per heavy atom. The van der Waals surface area contributed by atoms with Gasteiger partial charge in [-0.3, -0.25) is 9.59 Å². The van der Waals surface area contributed by atoms with E-state index in [1.54, 1.807) is 0 Å². The fourth-order valence-corrected chi connectivity index (χ4v) is 4.50. The number of ether oxygens (including phenoxy) is 1. The van der Waals surface area contributed by atoms with Gasteiger partial charge in [0.15, 0.2) is 0 Å². The Kier molecular flexibility index (Phi) is 10.6. The van der Waals surface area contributed by atoms with Crippen LogP contribution in [0.15, 0.2) is 48.5 Å². The molecule has 0 atom stereocenters. The standard InChI is InChI=1S/C28H36N2O5/c31-26(29-18-11-3-5-17-27(32)33)16-4-1-2-10-19-30-28(34)35-20-25-23-14-8-6-12-21(23)22-13-7-9-15-24(22)25/h6-9,12-15,25H,1-5,10-11,16-20H2,(H,29,31)(H,30,34)(H,32,33). The van der Waals surface area contributed by atoms with Crippen LogP contribution in [0.4, 0.5) is 4.79 Å². The lowest BCUT2D eigenvalue weighted by Gasteiger charge is -2.14. The summed E-state index contributed by atoms with van der Waals surface area (Å²) in [4.78, 5) is 34.4. The van der Waals surface area contributed by atoms with Crippen LogP contribution in [-0.4, -0.2) is 42.8 Å². The Bertz CT molecular complexity index is 945. The number of carbonyl (C=O) groups is 3. The predicted octanol–water partition coefficient (Wildman–Crippen LogP) is 5.24. The fraction of sp³-hybridized carbons (Fsp3) is 0.464. The first-order valence-corrected chi connectivity index (χ1v) is 12.6. The highest BCUT2D eigenvalue weighted by molar-refractivity contribution is 5.79. The molecule has 188 valence electrons. The topological polar surface area (TPSA) is 105 Å². The smallest absolute Gasteiger partial charge is 0.407 e. The summed E-state index contributed by atoms with van der Waals surface area (Å²) in [5.41, 5.74) is 4.82. The summed E-state index contributed by atoms with van der Waals surface area (Å²) in [6, 6.07) is 16.5. The average Bonchev–Trinajstić information content (AvgIpc) is 3.18. The van der Waals surface area contributed by atoms with Crippen LogP contribution in [0, 0.1) is 0 Å². The molecule has 0 unspecified atom stereocenters. The second kappa shape index (κ2) is 14.1. The molecule has 1 aliphatic rings. The Balaban J connectivity index is 1.22. The predicted molar refractivity (Wildman–Crippen MR) is 135 cm³/mol. The van der Waals surface area contributed by atoms with E-state index in [9.17, 15) is 14.4 Å². The Labute approximate surface area is 207 Å². The van der Waals surface area contributed by atoms with Crippen LogP contribution >= 0.6 is 0 Å². The minimum atomic E-state index is -0.775. The largest absolute Gasteiger partial charge is 0.481 e. The maximum absolute atomic E-state index is 12.2. The van der Waals surface area contributed by atoms with Crippen LogP contribution in [0.25, 0.3) is 11.1 Å². The maximum Gasteiger partial charge on any atom is 0.407 e. The molecular weight excluding hydrogens is 444 g/mol. The second-order valence-corrected chi connectivity index (χ2v) is 8.97. The van der Waals surface area contributed by atoms with Gasteiger partial charge in [0.1, 0.15) is 6.61 Å². The SMILES string of the molecule is O=C(O)CCCCCNC(=O)CCCCCCNC(=O)OCC1c2ccccc2-c2ccccc21. The number of hydrogen-bond acceptors (Lipinski definition) is 4. The van der Waals surface area contributed by atoms with Crippen molar-refractivity contribution in [2.24, 2.45) is 0 Å². The summed E-state index contributed by atoms with van der Waals surface area (Å²) in [6.07, 6.45) is 6.07. The minimum Gasteiger partial charge on any atom is -0.481 e. The molecule has 3 rings (SSSR count). The van der Waals surface area contributed by atoms with Crippen molar-refractivity contribution >= 4 is 18.0 Å². The van der Waals surface area contributed by atoms with Crippen molar-refractivity contribution in [3.63, 3.8) is 0 Å². The molecule has 0 radical (unpaired) electrons. The van der Waals surface area contributed by atoms with E-state index in [-0.39, 0.29) is 18.2 Å². The Morgan fingerprint density at radius 2 is 1.26 bits per heavy atom. The van der Waals surface area contributed by atoms with Crippen LogP contribution in [-0.2, 0) is 14.3 Å². The molecule has 2 amide bonds. The number of alkyl carbamates (subject to hydrolysis) is 1. The third-order valence-electron chi connectivity index (χ3n) is 6.33. The lowest BCUT2D eigenvalue weighted by Crippen LogP contribution is -2.27. The normalized spacial score (nSPS) is 12.0. The van der Waals surface area contributed by atoms with Crippen molar-refractivity contribution in [2.75, 3.05) is 19.7 Å². The highest BCUT2D eigenvalue weighted by Crippen LogP contribution is 2.44. The van der Waals surface area contributed by atoms with Crippen molar-refractivity contribution in [1.29, 1.82) is 0 Å². The molecule has 2 aromatic rings. The molecule has 7 heteroatoms. The lowest BCUT2D eigenvalue weighted by molar-refractivity contribution is -0.137. The number of hydrogen-bond donors (Lipinski definition) is 3. The van der Waals surface area contributed by atoms with Gasteiger partial charge in [0, 0.05) is 31.8 Å². The van der Waals surface area contributed by atoms with E-state index in [0.29, 0.717) is 32.5 Å². The lowest BCUT2D eigenvalue weighted by atomic mass is 9.98. The van der Waals surface area contributed by atoms with Crippen LogP contribution in [0.1, 0.15) is 74.8 Å². The first-order valence-electron chi connectivity index (χ1n) is 12.6. The summed E-state index contributed by atoms with van der Waals surface area (Å²) >= 11 is 0. The second-order valence-electron chi connectivity index (χ2n) is 8.97. The summed E-state index contributed by atoms with van der Waals surface area (Å²) in [6.45, 7) is 1.47. The number of rotatable bonds is 15. The molecule has 3 N–H and O–H groups in total. The highest BCUT2D eigenvalue weighted by atomic mass is 16.5. The molecule has 0 saturated heterocycles. The molecule has 0 heterocycles. The molecule has 2 aromatic carbocycles. The van der Waals surface area contributed by atoms with Crippen molar-refractivity contribution in [1.82, 2.24) is 10.6 Å². The van der Waals surface area contributed by atoms with Gasteiger partial charge in [-0.25, -0.2) is 4.79 Å². The molecule has 0 aromatic heterocycles. The van der Waals surface area contributed by atoms with Gasteiger partial charge in [0.2, 0.25) is 5.91 Å². The van der Waals surface area contributed by atoms with Crippen LogP contribution < -0.4 is 10.6 Å². The van der Waals surface area contributed by atoms with Crippen molar-refractivity contribution in [3.05, 3.63) is 59.7 Å². The maximum atomic E-state index is 12.2. The Morgan fingerprint density at radius 1 is 0.714 bits per heavy atom. The molecular formula is C28H36N2O5. The number of nitrogens with one attached hydrogen (secondary N) is 2. The third-order valence-corrected chi connectivity index (χ3v) is 6.33. The number of fused-ring (bicyclic) bond motifs is 3. The number of benzene rings is 2. The highest BCUT2D eigenvalue weighted by Gasteiger charge is 2.28. The molecule has 0 fully saturated rings. The zero-order valence-corrected chi connectivity index (χ0v) is 20.3. The van der Waals surface area contributed by atoms with Gasteiger partial charge in [-0.1, -0.05) is 67.8 Å². The number of amides is 2. The van der Waals surface area contributed by atoms with Gasteiger partial charge in [-0.05, 0) is 47.9 Å². The number of carboxylic acids is 1. The molecule has 1 aliphatic carbocycles. The van der Waals surface area contributed by atoms with E-state index < -0.39 is 12.1 Å². The Hall–Kier alpha value is -3.35. The first kappa shape index (κ1) is 26.3. The molecule has 0 bridgehead atoms. The summed E-state index contributed by atoms with van der Waals surface area (Å²) in [5.74, 6) is -0.674. The van der Waals surface area contributed by atoms with Crippen molar-refractivity contribution < 1.29 is 24.2 Å². The van der Waals surface area contributed by atoms with Gasteiger partial charge in [0.05, 0.1) is 0 Å². The third kappa shape index (κ3) is 8.42. The van der Waals surface area contributed by atoms with Gasteiger partial charge >= 0.3 is 12.1 Å². The van der Waals surface area contributed by atoms with Gasteiger partial charge in [-0.15, -0.1) is 0 Å². The quantitative estimate of drug-likeness (QED) is 0.303. The van der Waals surface area contributed by atoms with E-state index in [0.717, 1.165) is 38.5 Å². The van der Waals surface area contributed by atoms with E-state index in [4.69, 9.17) is 9.84 Å². The number of unbranched alkanes of at least 4 members (excludes halogenated alkanes) is 5. The van der Waals surface area contributed by atoms with E-state index in [2.05, 4.69) is 34.9 Å². The molecule has 35 heavy (non-hydrogen) atoms. The van der Waals surface area contributed by atoms with Crippen LogP contribution in [0.3, 0.4) is 0 Å². The van der Waals surface area contributed by atoms with E-state index in [1.807, 2.05) is 24.3 Å². The molecule has 0 spiro atoms. The monoisotopic (exact) mass is 480 g/mol. The first-order chi connectivity index (χ1) is 17.1. The molecule has 0 aliphatic heterocycles. The van der Waals surface area contributed by atoms with E-state index >= 15 is 0 Å². The summed E-state index contributed by atoms with van der Waals surface area (Å²) < 4.78 is 5.54. The fourth-order valence-electron chi connectivity index (χ4n) is 4.50. The summed E-state index contributed by atoms with van der Waals surface area (Å²) in [7, 11) is 0. The molecule has 7 nitrogen and oxygen atoms in total. The van der Waals surface area contributed by atoms with Gasteiger partial charge in [-0.2, -0.15) is 0 Å². The summed E-state index contributed by atoms with van der Waals surface area (Å²) in [5, 5.41) is 14.3. The number of aliphatic carboxylic acids is 1. The van der Waals surface area contributed by atoms with Gasteiger partial charge < -0.3 is 20.5 Å². The van der Waals surface area contributed by atoms with Gasteiger partial charge in [0.25, 0.3) is 0 Å².